The molecule has 146 valence electrons. The van der Waals surface area contributed by atoms with Gasteiger partial charge in [-0.05, 0) is 36.8 Å². The van der Waals surface area contributed by atoms with Gasteiger partial charge in [-0.25, -0.2) is 0 Å². The number of rotatable bonds is 3. The Balaban J connectivity index is 1.63. The molecule has 2 N–H and O–H groups in total. The first-order valence-corrected chi connectivity index (χ1v) is 9.70. The molecule has 0 bridgehead atoms. The van der Waals surface area contributed by atoms with E-state index in [4.69, 9.17) is 17.3 Å². The molecule has 1 aliphatic rings. The Morgan fingerprint density at radius 2 is 2.00 bits per heavy atom. The molecular formula is C20H23ClN6O. The summed E-state index contributed by atoms with van der Waals surface area (Å²) in [5, 5.41) is 5.79. The smallest absolute Gasteiger partial charge is 0.274 e. The van der Waals surface area contributed by atoms with E-state index in [1.54, 1.807) is 23.1 Å². The Hall–Kier alpha value is -2.64. The van der Waals surface area contributed by atoms with Crippen LogP contribution >= 0.6 is 11.6 Å². The van der Waals surface area contributed by atoms with Crippen LogP contribution in [0.5, 0.6) is 0 Å². The van der Waals surface area contributed by atoms with Crippen LogP contribution in [0.15, 0.2) is 36.7 Å². The number of carbonyl (C=O) groups excluding carboxylic acids is 1. The van der Waals surface area contributed by atoms with Crippen molar-refractivity contribution in [3.8, 4) is 0 Å². The quantitative estimate of drug-likeness (QED) is 0.733. The Bertz CT molecular complexity index is 1020. The van der Waals surface area contributed by atoms with Gasteiger partial charge in [0.25, 0.3) is 5.91 Å². The Morgan fingerprint density at radius 1 is 1.25 bits per heavy atom. The van der Waals surface area contributed by atoms with Gasteiger partial charge in [0.05, 0.1) is 16.2 Å². The van der Waals surface area contributed by atoms with Gasteiger partial charge in [-0.3, -0.25) is 14.5 Å². The molecule has 1 unspecified atom stereocenters. The van der Waals surface area contributed by atoms with Crippen LogP contribution in [0.2, 0.25) is 5.02 Å². The van der Waals surface area contributed by atoms with Gasteiger partial charge in [-0.2, -0.15) is 5.10 Å². The van der Waals surface area contributed by atoms with E-state index in [2.05, 4.69) is 15.0 Å². The highest BCUT2D eigenvalue weighted by molar-refractivity contribution is 6.36. The maximum atomic E-state index is 12.7. The van der Waals surface area contributed by atoms with Crippen molar-refractivity contribution < 1.29 is 4.79 Å². The fraction of sp³-hybridized carbons (Fsp3) is 0.350. The number of nitrogens with zero attached hydrogens (tertiary/aromatic N) is 5. The lowest BCUT2D eigenvalue weighted by atomic mass is 10.0. The molecule has 1 fully saturated rings. The van der Waals surface area contributed by atoms with Crippen molar-refractivity contribution in [1.82, 2.24) is 19.7 Å². The number of benzene rings is 1. The highest BCUT2D eigenvalue weighted by Crippen LogP contribution is 2.37. The number of halogens is 1. The first kappa shape index (κ1) is 18.7. The number of amides is 1. The van der Waals surface area contributed by atoms with Crippen LogP contribution in [-0.2, 0) is 7.05 Å². The minimum Gasteiger partial charge on any atom is -0.366 e. The zero-order valence-corrected chi connectivity index (χ0v) is 16.7. The number of fused-ring (bicyclic) bond motifs is 1. The van der Waals surface area contributed by atoms with Gasteiger partial charge in [-0.15, -0.1) is 0 Å². The van der Waals surface area contributed by atoms with Crippen LogP contribution in [0.25, 0.3) is 10.9 Å². The minimum absolute atomic E-state index is 0.0354. The van der Waals surface area contributed by atoms with Crippen molar-refractivity contribution in [2.75, 3.05) is 31.1 Å². The van der Waals surface area contributed by atoms with Gasteiger partial charge in [0.2, 0.25) is 0 Å². The molecule has 1 aliphatic heterocycles. The van der Waals surface area contributed by atoms with Crippen molar-refractivity contribution in [1.29, 1.82) is 0 Å². The van der Waals surface area contributed by atoms with Crippen molar-refractivity contribution in [2.45, 2.75) is 13.0 Å². The van der Waals surface area contributed by atoms with E-state index in [0.29, 0.717) is 36.9 Å². The van der Waals surface area contributed by atoms with Gasteiger partial charge in [-0.1, -0.05) is 11.6 Å². The highest BCUT2D eigenvalue weighted by Gasteiger charge is 2.27. The van der Waals surface area contributed by atoms with Gasteiger partial charge in [0, 0.05) is 57.0 Å². The van der Waals surface area contributed by atoms with E-state index in [1.807, 2.05) is 37.1 Å². The van der Waals surface area contributed by atoms with Crippen molar-refractivity contribution in [3.63, 3.8) is 0 Å². The average molecular weight is 399 g/mol. The minimum atomic E-state index is -0.174. The summed E-state index contributed by atoms with van der Waals surface area (Å²) in [6.45, 7) is 4.58. The zero-order valence-electron chi connectivity index (χ0n) is 16.0. The summed E-state index contributed by atoms with van der Waals surface area (Å²) in [4.78, 5) is 21.4. The summed E-state index contributed by atoms with van der Waals surface area (Å²) in [6.07, 6.45) is 3.55. The molecule has 0 spiro atoms. The molecule has 0 aliphatic carbocycles. The third-order valence-corrected chi connectivity index (χ3v) is 5.46. The first-order valence-electron chi connectivity index (χ1n) is 9.32. The lowest BCUT2D eigenvalue weighted by Gasteiger charge is -2.37. The summed E-state index contributed by atoms with van der Waals surface area (Å²) in [6, 6.07) is 7.37. The number of nitrogens with two attached hydrogens (primary N) is 1. The van der Waals surface area contributed by atoms with Crippen molar-refractivity contribution in [3.05, 3.63) is 52.9 Å². The molecule has 4 rings (SSSR count). The second kappa shape index (κ2) is 7.41. The van der Waals surface area contributed by atoms with E-state index in [1.165, 1.54) is 0 Å². The van der Waals surface area contributed by atoms with E-state index in [0.717, 1.165) is 22.2 Å². The van der Waals surface area contributed by atoms with Gasteiger partial charge >= 0.3 is 0 Å². The average Bonchev–Trinajstić information content (AvgIpc) is 3.14. The van der Waals surface area contributed by atoms with Crippen LogP contribution in [-0.4, -0.2) is 51.8 Å². The number of hydrogen-bond acceptors (Lipinski definition) is 5. The Morgan fingerprint density at radius 3 is 2.64 bits per heavy atom. The zero-order chi connectivity index (χ0) is 19.8. The topological polar surface area (TPSA) is 80.3 Å². The fourth-order valence-corrected chi connectivity index (χ4v) is 3.98. The summed E-state index contributed by atoms with van der Waals surface area (Å²) >= 11 is 6.48. The molecule has 1 aromatic carbocycles. The molecule has 28 heavy (non-hydrogen) atoms. The maximum absolute atomic E-state index is 12.7. The SMILES string of the molecule is CC(N)c1cc(Cl)c2cccnc2c1N1CCN(C(=O)c2ccn(C)n2)CC1. The van der Waals surface area contributed by atoms with Crippen LogP contribution in [0.3, 0.4) is 0 Å². The third-order valence-electron chi connectivity index (χ3n) is 5.15. The molecule has 0 saturated carbocycles. The summed E-state index contributed by atoms with van der Waals surface area (Å²) in [5.74, 6) is -0.0354. The van der Waals surface area contributed by atoms with Crippen molar-refractivity contribution in [2.24, 2.45) is 12.8 Å². The number of aryl methyl sites for hydroxylation is 1. The normalized spacial score (nSPS) is 15.9. The second-order valence-electron chi connectivity index (χ2n) is 7.14. The monoisotopic (exact) mass is 398 g/mol. The summed E-state index contributed by atoms with van der Waals surface area (Å²) in [7, 11) is 1.81. The van der Waals surface area contributed by atoms with Crippen LogP contribution < -0.4 is 10.6 Å². The highest BCUT2D eigenvalue weighted by atomic mass is 35.5. The van der Waals surface area contributed by atoms with Crippen LogP contribution in [0.4, 0.5) is 5.69 Å². The lowest BCUT2D eigenvalue weighted by Crippen LogP contribution is -2.49. The predicted molar refractivity (Wildman–Crippen MR) is 111 cm³/mol. The van der Waals surface area contributed by atoms with E-state index in [-0.39, 0.29) is 11.9 Å². The van der Waals surface area contributed by atoms with E-state index in [9.17, 15) is 4.79 Å². The molecular weight excluding hydrogens is 376 g/mol. The van der Waals surface area contributed by atoms with Gasteiger partial charge in [0.15, 0.2) is 0 Å². The van der Waals surface area contributed by atoms with Crippen LogP contribution in [0.1, 0.15) is 29.0 Å². The van der Waals surface area contributed by atoms with Crippen LogP contribution in [0, 0.1) is 0 Å². The predicted octanol–water partition coefficient (Wildman–Crippen LogP) is 2.60. The van der Waals surface area contributed by atoms with E-state index >= 15 is 0 Å². The fourth-order valence-electron chi connectivity index (χ4n) is 3.71. The molecule has 1 atom stereocenters. The number of piperazine rings is 1. The number of aromatic nitrogens is 3. The molecule has 3 aromatic rings. The number of carbonyl (C=O) groups is 1. The molecule has 8 heteroatoms. The molecule has 1 saturated heterocycles. The third kappa shape index (κ3) is 3.31. The Labute approximate surface area is 168 Å². The van der Waals surface area contributed by atoms with Crippen molar-refractivity contribution >= 4 is 34.1 Å². The first-order chi connectivity index (χ1) is 13.5. The second-order valence-corrected chi connectivity index (χ2v) is 7.55. The Kier molecular flexibility index (Phi) is 4.95. The van der Waals surface area contributed by atoms with E-state index < -0.39 is 0 Å². The van der Waals surface area contributed by atoms with Gasteiger partial charge in [0.1, 0.15) is 5.69 Å². The number of hydrogen-bond donors (Lipinski definition) is 1. The standard InChI is InChI=1S/C20H23ClN6O/c1-13(22)15-12-16(21)14-4-3-6-23-18(14)19(15)26-8-10-27(11-9-26)20(28)17-5-7-25(2)24-17/h3-7,12-13H,8-11,22H2,1-2H3. The molecule has 1 amide bonds. The number of pyridine rings is 1. The number of anilines is 1. The molecule has 2 aromatic heterocycles. The maximum Gasteiger partial charge on any atom is 0.274 e. The molecule has 0 radical (unpaired) electrons. The van der Waals surface area contributed by atoms with Gasteiger partial charge < -0.3 is 15.5 Å². The largest absolute Gasteiger partial charge is 0.366 e. The molecule has 7 nitrogen and oxygen atoms in total. The summed E-state index contributed by atoms with van der Waals surface area (Å²) in [5.41, 5.74) is 9.56. The molecule has 3 heterocycles. The lowest BCUT2D eigenvalue weighted by molar-refractivity contribution is 0.0740. The summed E-state index contributed by atoms with van der Waals surface area (Å²) < 4.78 is 1.64.